The van der Waals surface area contributed by atoms with Crippen LogP contribution in [0.3, 0.4) is 0 Å². The summed E-state index contributed by atoms with van der Waals surface area (Å²) in [6, 6.07) is 35.7. The van der Waals surface area contributed by atoms with Gasteiger partial charge in [0.1, 0.15) is 5.75 Å². The van der Waals surface area contributed by atoms with E-state index in [-0.39, 0.29) is 7.92 Å². The zero-order valence-electron chi connectivity index (χ0n) is 18.6. The zero-order valence-corrected chi connectivity index (χ0v) is 24.4. The molecule has 0 atom stereocenters. The first kappa shape index (κ1) is 24.1. The Labute approximate surface area is 223 Å². The summed E-state index contributed by atoms with van der Waals surface area (Å²) in [5.41, 5.74) is 5.80. The zero-order chi connectivity index (χ0) is 23.5. The monoisotopic (exact) mass is 678 g/mol. The Morgan fingerprint density at radius 1 is 0.647 bits per heavy atom. The van der Waals surface area contributed by atoms with Gasteiger partial charge in [0.2, 0.25) is 0 Å². The van der Waals surface area contributed by atoms with Gasteiger partial charge in [-0.3, -0.25) is 0 Å². The average molecular weight is 679 g/mol. The number of ether oxygens (including phenoxy) is 1. The molecule has 0 saturated carbocycles. The topological polar surface area (TPSA) is 9.23 Å². The number of benzene rings is 5. The Morgan fingerprint density at radius 2 is 1.12 bits per heavy atom. The van der Waals surface area contributed by atoms with Crippen LogP contribution >= 0.6 is 35.2 Å². The Bertz CT molecular complexity index is 1370. The fourth-order valence-electron chi connectivity index (χ4n) is 4.93. The molecule has 1 nitrogen and oxygen atoms in total. The molecule has 0 spiro atoms. The summed E-state index contributed by atoms with van der Waals surface area (Å²) in [4.78, 5) is 0. The molecule has 5 aromatic rings. The van der Waals surface area contributed by atoms with Crippen LogP contribution in [0.2, 0.25) is 0 Å². The molecule has 172 valence electrons. The van der Waals surface area contributed by atoms with E-state index in [1.807, 2.05) is 0 Å². The van der Waals surface area contributed by atoms with Crippen molar-refractivity contribution in [3.8, 4) is 16.9 Å². The Morgan fingerprint density at radius 3 is 1.59 bits per heavy atom. The third-order valence-corrected chi connectivity index (χ3v) is 8.91. The minimum atomic E-state index is -0.350. The number of rotatable bonds is 2. The second-order valence-corrected chi connectivity index (χ2v) is 18.5. The van der Waals surface area contributed by atoms with Gasteiger partial charge < -0.3 is 4.74 Å². The number of methoxy groups -OCH3 is 1. The molecule has 5 aromatic carbocycles. The maximum atomic E-state index is 5.40. The van der Waals surface area contributed by atoms with Crippen molar-refractivity contribution in [2.24, 2.45) is 0 Å². The summed E-state index contributed by atoms with van der Waals surface area (Å²) in [6.45, 7) is 0. The molecule has 1 aliphatic rings. The Kier molecular flexibility index (Phi) is 7.81. The average Bonchev–Trinajstić information content (AvgIpc) is 3.06. The van der Waals surface area contributed by atoms with Crippen LogP contribution in [0, 0.1) is 0 Å². The van der Waals surface area contributed by atoms with E-state index >= 15 is 0 Å². The summed E-state index contributed by atoms with van der Waals surface area (Å²) < 4.78 is 5.40. The third kappa shape index (κ3) is 4.76. The summed E-state index contributed by atoms with van der Waals surface area (Å²) in [7, 11) is 1.38. The Balaban J connectivity index is 0.000000764. The van der Waals surface area contributed by atoms with Gasteiger partial charge in [0, 0.05) is 0 Å². The molecule has 0 unspecified atom stereocenters. The molecule has 0 aromatic heterocycles. The van der Waals surface area contributed by atoms with Crippen LogP contribution in [0.1, 0.15) is 11.1 Å². The van der Waals surface area contributed by atoms with Gasteiger partial charge in [0.25, 0.3) is 0 Å². The summed E-state index contributed by atoms with van der Waals surface area (Å²) in [6.07, 6.45) is 2.20. The van der Waals surface area contributed by atoms with Gasteiger partial charge in [-0.15, -0.1) is 0 Å². The van der Waals surface area contributed by atoms with E-state index in [1.54, 1.807) is 7.11 Å². The van der Waals surface area contributed by atoms with Gasteiger partial charge in [-0.2, -0.15) is 0 Å². The number of halogens is 2. The van der Waals surface area contributed by atoms with Crippen molar-refractivity contribution in [1.29, 1.82) is 0 Å². The van der Waals surface area contributed by atoms with Crippen LogP contribution in [0.5, 0.6) is 5.75 Å². The fraction of sp³-hybridized carbons (Fsp3) is 0.103. The molecule has 1 aliphatic heterocycles. The molecular weight excluding hydrogens is 656 g/mol. The standard InChI is InChI=1S/C29H23OP.2BrH.Ru/c1-30-24-14-16-25(17-15-24)31-18-22-12-10-20-6-2-4-8-26(20)28(22)29-23(19-31)13-11-21-7-3-5-9-27(21)29;;;/h2-17H,18-19H2,1H3;2*1H;/q;;;+2/p-2. The predicted molar refractivity (Wildman–Crippen MR) is 152 cm³/mol. The molecule has 0 fully saturated rings. The van der Waals surface area contributed by atoms with Gasteiger partial charge in [-0.1, -0.05) is 92.9 Å². The van der Waals surface area contributed by atoms with Crippen LogP contribution in [-0.4, -0.2) is 7.11 Å². The van der Waals surface area contributed by atoms with Crippen molar-refractivity contribution in [1.82, 2.24) is 0 Å². The first-order valence-corrected chi connectivity index (χ1v) is 20.7. The molecule has 5 heteroatoms. The third-order valence-electron chi connectivity index (χ3n) is 6.44. The summed E-state index contributed by atoms with van der Waals surface area (Å²) in [5.74, 6) is 0.923. The van der Waals surface area contributed by atoms with Gasteiger partial charge in [-0.25, -0.2) is 0 Å². The minimum absolute atomic E-state index is 0.335. The summed E-state index contributed by atoms with van der Waals surface area (Å²) in [5, 5.41) is 6.80. The van der Waals surface area contributed by atoms with Crippen molar-refractivity contribution in [2.45, 2.75) is 12.3 Å². The van der Waals surface area contributed by atoms with E-state index in [0.29, 0.717) is 13.2 Å². The van der Waals surface area contributed by atoms with Gasteiger partial charge in [0.15, 0.2) is 0 Å². The van der Waals surface area contributed by atoms with E-state index < -0.39 is 0 Å². The molecule has 0 N–H and O–H groups in total. The van der Waals surface area contributed by atoms with Crippen LogP contribution < -0.4 is 10.0 Å². The van der Waals surface area contributed by atoms with Crippen molar-refractivity contribution in [3.05, 3.63) is 108 Å². The van der Waals surface area contributed by atoms with Gasteiger partial charge in [-0.05, 0) is 73.6 Å². The molecule has 0 bridgehead atoms. The van der Waals surface area contributed by atoms with Crippen molar-refractivity contribution in [2.75, 3.05) is 7.11 Å². The fourth-order valence-corrected chi connectivity index (χ4v) is 7.33. The van der Waals surface area contributed by atoms with Gasteiger partial charge >= 0.3 is 40.5 Å². The molecule has 6 rings (SSSR count). The van der Waals surface area contributed by atoms with E-state index in [0.717, 1.165) is 18.1 Å². The normalized spacial score (nSPS) is 13.0. The molecule has 0 saturated heterocycles. The van der Waals surface area contributed by atoms with E-state index in [2.05, 4.69) is 124 Å². The van der Waals surface area contributed by atoms with Crippen LogP contribution in [0.25, 0.3) is 32.7 Å². The second kappa shape index (κ2) is 11.0. The maximum absolute atomic E-state index is 5.40. The number of hydrogen-bond donors (Lipinski definition) is 0. The SMILES string of the molecule is COc1ccc(P2Cc3ccc4ccccc4c3-c3c(ccc4ccccc34)C2)cc1.[Br][Ru][Br]. The second-order valence-electron chi connectivity index (χ2n) is 8.25. The molecule has 0 amide bonds. The van der Waals surface area contributed by atoms with Crippen molar-refractivity contribution < 1.29 is 17.9 Å². The first-order chi connectivity index (χ1) is 16.7. The van der Waals surface area contributed by atoms with E-state index in [1.165, 1.54) is 49.1 Å². The molecule has 0 radical (unpaired) electrons. The Hall–Kier alpha value is -1.57. The molecule has 1 heterocycles. The first-order valence-electron chi connectivity index (χ1n) is 11.0. The van der Waals surface area contributed by atoms with Crippen LogP contribution in [-0.2, 0) is 25.5 Å². The van der Waals surface area contributed by atoms with Crippen molar-refractivity contribution in [3.63, 3.8) is 0 Å². The van der Waals surface area contributed by atoms with Crippen LogP contribution in [0.15, 0.2) is 97.1 Å². The van der Waals surface area contributed by atoms with E-state index in [4.69, 9.17) is 4.74 Å². The predicted octanol–water partition coefficient (Wildman–Crippen LogP) is 9.18. The summed E-state index contributed by atoms with van der Waals surface area (Å²) >= 11 is 6.64. The number of fused-ring (bicyclic) bond motifs is 7. The number of hydrogen-bond acceptors (Lipinski definition) is 1. The molecular formula is C29H23Br2OPRu. The quantitative estimate of drug-likeness (QED) is 0.134. The van der Waals surface area contributed by atoms with E-state index in [9.17, 15) is 0 Å². The molecule has 0 aliphatic carbocycles. The molecule has 34 heavy (non-hydrogen) atoms. The van der Waals surface area contributed by atoms with Gasteiger partial charge in [0.05, 0.1) is 7.11 Å². The van der Waals surface area contributed by atoms with Crippen LogP contribution in [0.4, 0.5) is 0 Å². The van der Waals surface area contributed by atoms with Crippen molar-refractivity contribution >= 4 is 62.0 Å².